The van der Waals surface area contributed by atoms with Crippen LogP contribution in [0.1, 0.15) is 30.7 Å². The fourth-order valence-corrected chi connectivity index (χ4v) is 3.49. The van der Waals surface area contributed by atoms with Crippen molar-refractivity contribution in [1.29, 1.82) is 0 Å². The average Bonchev–Trinajstić information content (AvgIpc) is 3.06. The molecular formula is C15H16BrNO3. The minimum Gasteiger partial charge on any atom is -0.480 e. The summed E-state index contributed by atoms with van der Waals surface area (Å²) in [5, 5.41) is 9.15. The highest BCUT2D eigenvalue weighted by atomic mass is 79.9. The van der Waals surface area contributed by atoms with Crippen LogP contribution in [-0.4, -0.2) is 34.5 Å². The molecule has 3 atom stereocenters. The number of carboxylic acid groups (broad SMARTS) is 1. The second-order valence-corrected chi connectivity index (χ2v) is 6.45. The van der Waals surface area contributed by atoms with Crippen molar-refractivity contribution in [2.45, 2.75) is 31.2 Å². The minimum atomic E-state index is -0.879. The fraction of sp³-hybridized carbons (Fsp3) is 0.467. The molecular weight excluding hydrogens is 322 g/mol. The van der Waals surface area contributed by atoms with E-state index in [1.165, 1.54) is 0 Å². The van der Waals surface area contributed by atoms with Crippen molar-refractivity contribution >= 4 is 27.8 Å². The van der Waals surface area contributed by atoms with Crippen LogP contribution in [0.5, 0.6) is 0 Å². The highest BCUT2D eigenvalue weighted by molar-refractivity contribution is 9.10. The van der Waals surface area contributed by atoms with Crippen LogP contribution in [0.25, 0.3) is 0 Å². The number of amides is 1. The molecule has 1 N–H and O–H groups in total. The quantitative estimate of drug-likeness (QED) is 0.922. The van der Waals surface area contributed by atoms with Crippen molar-refractivity contribution in [3.05, 3.63) is 34.3 Å². The number of rotatable bonds is 3. The van der Waals surface area contributed by atoms with E-state index in [0.29, 0.717) is 13.0 Å². The Morgan fingerprint density at radius 3 is 2.85 bits per heavy atom. The van der Waals surface area contributed by atoms with Gasteiger partial charge in [0.05, 0.1) is 0 Å². The zero-order valence-electron chi connectivity index (χ0n) is 11.0. The standard InChI is InChI=1S/C15H16BrNO3/c16-10-4-1-3-9(7-10)11-8-12(11)14(18)17-6-2-5-13(17)15(19)20/h1,3-4,7,11-13H,2,5-6,8H2,(H,19,20). The molecule has 3 rings (SSSR count). The first kappa shape index (κ1) is 13.6. The highest BCUT2D eigenvalue weighted by Gasteiger charge is 2.48. The molecule has 2 aliphatic rings. The molecule has 3 unspecified atom stereocenters. The van der Waals surface area contributed by atoms with Gasteiger partial charge in [-0.05, 0) is 42.9 Å². The second kappa shape index (κ2) is 5.20. The number of carboxylic acids is 1. The summed E-state index contributed by atoms with van der Waals surface area (Å²) in [6.07, 6.45) is 2.20. The molecule has 1 heterocycles. The van der Waals surface area contributed by atoms with E-state index in [1.54, 1.807) is 4.90 Å². The third kappa shape index (κ3) is 2.46. The van der Waals surface area contributed by atoms with Gasteiger partial charge in [-0.2, -0.15) is 0 Å². The molecule has 1 saturated heterocycles. The van der Waals surface area contributed by atoms with Crippen molar-refractivity contribution in [2.24, 2.45) is 5.92 Å². The molecule has 1 aromatic rings. The Kier molecular flexibility index (Phi) is 3.54. The van der Waals surface area contributed by atoms with Gasteiger partial charge in [0, 0.05) is 16.9 Å². The van der Waals surface area contributed by atoms with E-state index in [4.69, 9.17) is 5.11 Å². The smallest absolute Gasteiger partial charge is 0.326 e. The monoisotopic (exact) mass is 337 g/mol. The van der Waals surface area contributed by atoms with Crippen molar-refractivity contribution in [2.75, 3.05) is 6.54 Å². The number of nitrogens with zero attached hydrogens (tertiary/aromatic N) is 1. The Hall–Kier alpha value is -1.36. The van der Waals surface area contributed by atoms with Crippen molar-refractivity contribution in [1.82, 2.24) is 4.90 Å². The van der Waals surface area contributed by atoms with Crippen LogP contribution >= 0.6 is 15.9 Å². The maximum atomic E-state index is 12.4. The van der Waals surface area contributed by atoms with Crippen LogP contribution in [0.2, 0.25) is 0 Å². The molecule has 2 fully saturated rings. The van der Waals surface area contributed by atoms with Gasteiger partial charge in [-0.15, -0.1) is 0 Å². The number of carbonyl (C=O) groups is 2. The average molecular weight is 338 g/mol. The lowest BCUT2D eigenvalue weighted by molar-refractivity contribution is -0.148. The maximum absolute atomic E-state index is 12.4. The number of hydrogen-bond acceptors (Lipinski definition) is 2. The molecule has 20 heavy (non-hydrogen) atoms. The maximum Gasteiger partial charge on any atom is 0.326 e. The Balaban J connectivity index is 1.70. The molecule has 106 valence electrons. The van der Waals surface area contributed by atoms with Crippen molar-refractivity contribution < 1.29 is 14.7 Å². The summed E-state index contributed by atoms with van der Waals surface area (Å²) in [7, 11) is 0. The number of likely N-dealkylation sites (tertiary alicyclic amines) is 1. The Morgan fingerprint density at radius 1 is 1.35 bits per heavy atom. The lowest BCUT2D eigenvalue weighted by Gasteiger charge is -2.21. The van der Waals surface area contributed by atoms with Gasteiger partial charge in [0.2, 0.25) is 5.91 Å². The number of carbonyl (C=O) groups excluding carboxylic acids is 1. The lowest BCUT2D eigenvalue weighted by atomic mass is 10.1. The first-order valence-corrected chi connectivity index (χ1v) is 7.66. The first-order valence-electron chi connectivity index (χ1n) is 6.86. The van der Waals surface area contributed by atoms with Gasteiger partial charge in [-0.3, -0.25) is 4.79 Å². The van der Waals surface area contributed by atoms with E-state index >= 15 is 0 Å². The first-order chi connectivity index (χ1) is 9.58. The Bertz CT molecular complexity index is 560. The van der Waals surface area contributed by atoms with Gasteiger partial charge >= 0.3 is 5.97 Å². The minimum absolute atomic E-state index is 0.0138. The molecule has 0 aromatic heterocycles. The van der Waals surface area contributed by atoms with Crippen LogP contribution < -0.4 is 0 Å². The molecule has 1 saturated carbocycles. The third-order valence-corrected chi connectivity index (χ3v) is 4.70. The molecule has 1 aromatic carbocycles. The van der Waals surface area contributed by atoms with Gasteiger partial charge in [0.1, 0.15) is 6.04 Å². The van der Waals surface area contributed by atoms with E-state index in [-0.39, 0.29) is 17.7 Å². The fourth-order valence-electron chi connectivity index (χ4n) is 3.07. The number of benzene rings is 1. The van der Waals surface area contributed by atoms with Crippen LogP contribution in [0.15, 0.2) is 28.7 Å². The molecule has 5 heteroatoms. The van der Waals surface area contributed by atoms with E-state index in [2.05, 4.69) is 15.9 Å². The van der Waals surface area contributed by atoms with Crippen LogP contribution in [0.3, 0.4) is 0 Å². The van der Waals surface area contributed by atoms with Gasteiger partial charge in [0.25, 0.3) is 0 Å². The molecule has 1 aliphatic carbocycles. The Morgan fingerprint density at radius 2 is 2.15 bits per heavy atom. The summed E-state index contributed by atoms with van der Waals surface area (Å²) in [5.41, 5.74) is 1.16. The molecule has 0 spiro atoms. The number of halogens is 1. The topological polar surface area (TPSA) is 57.6 Å². The zero-order chi connectivity index (χ0) is 14.3. The van der Waals surface area contributed by atoms with Gasteiger partial charge in [0.15, 0.2) is 0 Å². The summed E-state index contributed by atoms with van der Waals surface area (Å²) >= 11 is 3.44. The normalized spacial score (nSPS) is 28.4. The van der Waals surface area contributed by atoms with Gasteiger partial charge < -0.3 is 10.0 Å². The summed E-state index contributed by atoms with van der Waals surface area (Å²) in [4.78, 5) is 25.2. The van der Waals surface area contributed by atoms with Gasteiger partial charge in [-0.1, -0.05) is 28.1 Å². The summed E-state index contributed by atoms with van der Waals surface area (Å²) in [6.45, 7) is 0.581. The summed E-state index contributed by atoms with van der Waals surface area (Å²) < 4.78 is 1.01. The molecule has 0 radical (unpaired) electrons. The largest absolute Gasteiger partial charge is 0.480 e. The molecule has 1 aliphatic heterocycles. The molecule has 1 amide bonds. The molecule has 4 nitrogen and oxygen atoms in total. The Labute approximate surface area is 125 Å². The van der Waals surface area contributed by atoms with Crippen molar-refractivity contribution in [3.8, 4) is 0 Å². The lowest BCUT2D eigenvalue weighted by Crippen LogP contribution is -2.41. The van der Waals surface area contributed by atoms with Crippen LogP contribution in [0, 0.1) is 5.92 Å². The van der Waals surface area contributed by atoms with Crippen LogP contribution in [-0.2, 0) is 9.59 Å². The SMILES string of the molecule is O=C(O)C1CCCN1C(=O)C1CC1c1cccc(Br)c1. The van der Waals surface area contributed by atoms with E-state index in [9.17, 15) is 9.59 Å². The predicted octanol–water partition coefficient (Wildman–Crippen LogP) is 2.63. The van der Waals surface area contributed by atoms with E-state index < -0.39 is 12.0 Å². The van der Waals surface area contributed by atoms with Crippen molar-refractivity contribution in [3.63, 3.8) is 0 Å². The summed E-state index contributed by atoms with van der Waals surface area (Å²) in [5.74, 6) is -0.658. The molecule has 0 bridgehead atoms. The van der Waals surface area contributed by atoms with Crippen LogP contribution in [0.4, 0.5) is 0 Å². The van der Waals surface area contributed by atoms with E-state index in [0.717, 1.165) is 22.9 Å². The third-order valence-electron chi connectivity index (χ3n) is 4.21. The highest BCUT2D eigenvalue weighted by Crippen LogP contribution is 2.49. The predicted molar refractivity (Wildman–Crippen MR) is 77.4 cm³/mol. The number of aliphatic carboxylic acids is 1. The van der Waals surface area contributed by atoms with E-state index in [1.807, 2.05) is 24.3 Å². The second-order valence-electron chi connectivity index (χ2n) is 5.53. The zero-order valence-corrected chi connectivity index (χ0v) is 12.5. The summed E-state index contributed by atoms with van der Waals surface area (Å²) in [6, 6.07) is 7.38. The van der Waals surface area contributed by atoms with Gasteiger partial charge in [-0.25, -0.2) is 4.79 Å². The number of hydrogen-bond donors (Lipinski definition) is 1.